The van der Waals surface area contributed by atoms with Gasteiger partial charge in [0.25, 0.3) is 0 Å². The van der Waals surface area contributed by atoms with Crippen molar-refractivity contribution >= 4 is 62.5 Å². The maximum absolute atomic E-state index is 12.3. The third kappa shape index (κ3) is 5.88. The van der Waals surface area contributed by atoms with Gasteiger partial charge < -0.3 is 14.6 Å². The lowest BCUT2D eigenvalue weighted by atomic mass is 10.3. The number of carbonyl (C=O) groups is 1. The Morgan fingerprint density at radius 2 is 2.00 bits per heavy atom. The zero-order valence-corrected chi connectivity index (χ0v) is 19.3. The maximum atomic E-state index is 12.3. The summed E-state index contributed by atoms with van der Waals surface area (Å²) in [5.41, 5.74) is 0.634. The molecule has 0 atom stereocenters. The number of rotatable bonds is 8. The highest BCUT2D eigenvalue weighted by atomic mass is 79.9. The molecule has 1 amide bonds. The van der Waals surface area contributed by atoms with Crippen LogP contribution in [-0.2, 0) is 17.9 Å². The van der Waals surface area contributed by atoms with E-state index in [0.29, 0.717) is 39.0 Å². The van der Waals surface area contributed by atoms with E-state index >= 15 is 0 Å². The van der Waals surface area contributed by atoms with Crippen LogP contribution in [0.5, 0.6) is 5.75 Å². The van der Waals surface area contributed by atoms with Crippen molar-refractivity contribution in [1.82, 2.24) is 14.8 Å². The summed E-state index contributed by atoms with van der Waals surface area (Å²) in [6.07, 6.45) is 0. The van der Waals surface area contributed by atoms with Gasteiger partial charge in [-0.25, -0.2) is 0 Å². The Kier molecular flexibility index (Phi) is 7.83. The van der Waals surface area contributed by atoms with E-state index in [9.17, 15) is 4.79 Å². The molecule has 0 radical (unpaired) electrons. The molecule has 0 aliphatic rings. The van der Waals surface area contributed by atoms with Gasteiger partial charge in [-0.2, -0.15) is 0 Å². The molecule has 0 fully saturated rings. The molecule has 1 N–H and O–H groups in total. The van der Waals surface area contributed by atoms with Crippen molar-refractivity contribution in [2.45, 2.75) is 25.2 Å². The van der Waals surface area contributed by atoms with Crippen molar-refractivity contribution in [1.29, 1.82) is 0 Å². The normalized spacial score (nSPS) is 10.8. The number of nitrogens with zero attached hydrogens (tertiary/aromatic N) is 3. The standard InChI is InChI=1S/C19H17BrCl2N4O2S/c1-2-26-17(10-28-16-6-4-3-5-14(16)21)24-25-19(26)29-11-18(27)23-12-7-8-13(20)15(22)9-12/h3-9H,2,10-11H2,1H3,(H,23,27). The first-order chi connectivity index (χ1) is 14.0. The van der Waals surface area contributed by atoms with Crippen molar-refractivity contribution < 1.29 is 9.53 Å². The van der Waals surface area contributed by atoms with Gasteiger partial charge in [-0.3, -0.25) is 4.79 Å². The van der Waals surface area contributed by atoms with Gasteiger partial charge in [0.15, 0.2) is 11.0 Å². The highest BCUT2D eigenvalue weighted by molar-refractivity contribution is 9.10. The topological polar surface area (TPSA) is 69.0 Å². The lowest BCUT2D eigenvalue weighted by molar-refractivity contribution is -0.113. The van der Waals surface area contributed by atoms with Crippen LogP contribution in [-0.4, -0.2) is 26.4 Å². The second-order valence-electron chi connectivity index (χ2n) is 5.83. The van der Waals surface area contributed by atoms with E-state index < -0.39 is 0 Å². The van der Waals surface area contributed by atoms with Gasteiger partial charge >= 0.3 is 0 Å². The van der Waals surface area contributed by atoms with Crippen molar-refractivity contribution in [3.63, 3.8) is 0 Å². The molecule has 6 nitrogen and oxygen atoms in total. The van der Waals surface area contributed by atoms with E-state index in [0.717, 1.165) is 4.47 Å². The number of hydrogen-bond donors (Lipinski definition) is 1. The highest BCUT2D eigenvalue weighted by Crippen LogP contribution is 2.26. The number of para-hydroxylation sites is 1. The van der Waals surface area contributed by atoms with E-state index in [4.69, 9.17) is 27.9 Å². The average molecular weight is 516 g/mol. The van der Waals surface area contributed by atoms with Crippen LogP contribution in [0, 0.1) is 0 Å². The minimum absolute atomic E-state index is 0.159. The third-order valence-electron chi connectivity index (χ3n) is 3.84. The summed E-state index contributed by atoms with van der Waals surface area (Å²) in [5, 5.41) is 12.9. The summed E-state index contributed by atoms with van der Waals surface area (Å²) in [6.45, 7) is 2.87. The second-order valence-corrected chi connectivity index (χ2v) is 8.44. The molecule has 0 saturated carbocycles. The van der Waals surface area contributed by atoms with Crippen molar-refractivity contribution in [2.24, 2.45) is 0 Å². The van der Waals surface area contributed by atoms with Gasteiger partial charge in [0, 0.05) is 16.7 Å². The number of ether oxygens (including phenoxy) is 1. The smallest absolute Gasteiger partial charge is 0.234 e. The van der Waals surface area contributed by atoms with Crippen LogP contribution < -0.4 is 10.1 Å². The van der Waals surface area contributed by atoms with Crippen molar-refractivity contribution in [2.75, 3.05) is 11.1 Å². The first-order valence-corrected chi connectivity index (χ1v) is 11.2. The van der Waals surface area contributed by atoms with Gasteiger partial charge in [-0.15, -0.1) is 10.2 Å². The number of benzene rings is 2. The fourth-order valence-corrected chi connectivity index (χ4v) is 3.89. The molecule has 1 aromatic heterocycles. The predicted molar refractivity (Wildman–Crippen MR) is 120 cm³/mol. The zero-order valence-electron chi connectivity index (χ0n) is 15.4. The Balaban J connectivity index is 1.59. The Hall–Kier alpha value is -1.74. The summed E-state index contributed by atoms with van der Waals surface area (Å²) < 4.78 is 8.42. The van der Waals surface area contributed by atoms with Gasteiger partial charge in [-0.05, 0) is 53.2 Å². The average Bonchev–Trinajstić information content (AvgIpc) is 3.10. The molecule has 10 heteroatoms. The van der Waals surface area contributed by atoms with Crippen molar-refractivity contribution in [3.8, 4) is 5.75 Å². The zero-order chi connectivity index (χ0) is 20.8. The Labute approximate surface area is 191 Å². The van der Waals surface area contributed by atoms with E-state index in [1.807, 2.05) is 23.6 Å². The first kappa shape index (κ1) is 22.0. The van der Waals surface area contributed by atoms with E-state index in [1.54, 1.807) is 30.3 Å². The SMILES string of the molecule is CCn1c(COc2ccccc2Cl)nnc1SCC(=O)Nc1ccc(Br)c(Cl)c1. The maximum Gasteiger partial charge on any atom is 0.234 e. The highest BCUT2D eigenvalue weighted by Gasteiger charge is 2.14. The second kappa shape index (κ2) is 10.3. The van der Waals surface area contributed by atoms with Crippen LogP contribution in [0.15, 0.2) is 52.1 Å². The van der Waals surface area contributed by atoms with E-state index in [2.05, 4.69) is 31.4 Å². The molecule has 0 aliphatic heterocycles. The molecule has 29 heavy (non-hydrogen) atoms. The number of anilines is 1. The largest absolute Gasteiger partial charge is 0.484 e. The predicted octanol–water partition coefficient (Wildman–Crippen LogP) is 5.68. The number of nitrogens with one attached hydrogen (secondary N) is 1. The summed E-state index contributed by atoms with van der Waals surface area (Å²) in [4.78, 5) is 12.3. The summed E-state index contributed by atoms with van der Waals surface area (Å²) in [6, 6.07) is 12.5. The molecular weight excluding hydrogens is 499 g/mol. The number of carbonyl (C=O) groups excluding carboxylic acids is 1. The number of halogens is 3. The molecule has 0 bridgehead atoms. The van der Waals surface area contributed by atoms with Crippen LogP contribution in [0.2, 0.25) is 10.0 Å². The van der Waals surface area contributed by atoms with Gasteiger partial charge in [-0.1, -0.05) is 47.1 Å². The molecule has 3 rings (SSSR count). The quantitative estimate of drug-likeness (QED) is 0.391. The molecule has 152 valence electrons. The Morgan fingerprint density at radius 1 is 1.21 bits per heavy atom. The monoisotopic (exact) mass is 514 g/mol. The van der Waals surface area contributed by atoms with Crippen LogP contribution in [0.25, 0.3) is 0 Å². The lowest BCUT2D eigenvalue weighted by Gasteiger charge is -2.10. The number of thioether (sulfide) groups is 1. The van der Waals surface area contributed by atoms with Gasteiger partial charge in [0.1, 0.15) is 12.4 Å². The summed E-state index contributed by atoms with van der Waals surface area (Å²) >= 11 is 16.8. The van der Waals surface area contributed by atoms with Crippen LogP contribution in [0.1, 0.15) is 12.7 Å². The van der Waals surface area contributed by atoms with Crippen LogP contribution in [0.4, 0.5) is 5.69 Å². The summed E-state index contributed by atoms with van der Waals surface area (Å²) in [7, 11) is 0. The molecule has 2 aromatic carbocycles. The summed E-state index contributed by atoms with van der Waals surface area (Å²) in [5.74, 6) is 1.28. The Morgan fingerprint density at radius 3 is 2.72 bits per heavy atom. The molecule has 0 aliphatic carbocycles. The molecule has 0 unspecified atom stereocenters. The molecule has 0 saturated heterocycles. The third-order valence-corrected chi connectivity index (χ3v) is 6.35. The van der Waals surface area contributed by atoms with E-state index in [1.165, 1.54) is 11.8 Å². The minimum Gasteiger partial charge on any atom is -0.484 e. The van der Waals surface area contributed by atoms with Gasteiger partial charge in [0.05, 0.1) is 15.8 Å². The minimum atomic E-state index is -0.159. The van der Waals surface area contributed by atoms with Crippen molar-refractivity contribution in [3.05, 3.63) is 62.8 Å². The fraction of sp³-hybridized carbons (Fsp3) is 0.211. The Bertz CT molecular complexity index is 1020. The van der Waals surface area contributed by atoms with Gasteiger partial charge in [0.2, 0.25) is 5.91 Å². The van der Waals surface area contributed by atoms with Crippen LogP contribution >= 0.6 is 50.9 Å². The lowest BCUT2D eigenvalue weighted by Crippen LogP contribution is -2.15. The number of amides is 1. The fourth-order valence-electron chi connectivity index (χ4n) is 2.46. The number of hydrogen-bond acceptors (Lipinski definition) is 5. The van der Waals surface area contributed by atoms with Crippen LogP contribution in [0.3, 0.4) is 0 Å². The van der Waals surface area contributed by atoms with E-state index in [-0.39, 0.29) is 18.3 Å². The molecule has 1 heterocycles. The molecule has 3 aromatic rings. The molecule has 0 spiro atoms. The first-order valence-electron chi connectivity index (χ1n) is 8.65. The molecular formula is C19H17BrCl2N4O2S. The number of aromatic nitrogens is 3.